The molecular weight excluding hydrogens is 328 g/mol. The first-order chi connectivity index (χ1) is 12.7. The molecule has 0 fully saturated rings. The zero-order chi connectivity index (χ0) is 18.1. The van der Waals surface area contributed by atoms with Gasteiger partial charge in [-0.1, -0.05) is 12.1 Å². The largest absolute Gasteiger partial charge is 0.453 e. The Morgan fingerprint density at radius 2 is 1.96 bits per heavy atom. The van der Waals surface area contributed by atoms with E-state index in [1.807, 2.05) is 59.6 Å². The summed E-state index contributed by atoms with van der Waals surface area (Å²) in [5.74, 6) is 2.79. The van der Waals surface area contributed by atoms with Crippen LogP contribution in [0.25, 0.3) is 22.9 Å². The molecule has 0 saturated carbocycles. The number of nitriles is 1. The van der Waals surface area contributed by atoms with Crippen LogP contribution in [0.5, 0.6) is 0 Å². The molecule has 0 aliphatic rings. The Balaban J connectivity index is 1.73. The van der Waals surface area contributed by atoms with Gasteiger partial charge in [0.15, 0.2) is 17.4 Å². The molecule has 0 amide bonds. The molecule has 7 nitrogen and oxygen atoms in total. The maximum absolute atomic E-state index is 9.30. The molecule has 0 radical (unpaired) electrons. The molecule has 1 atom stereocenters. The first kappa shape index (κ1) is 15.8. The molecule has 0 unspecified atom stereocenters. The van der Waals surface area contributed by atoms with Gasteiger partial charge >= 0.3 is 0 Å². The van der Waals surface area contributed by atoms with E-state index < -0.39 is 0 Å². The molecule has 0 bridgehead atoms. The van der Waals surface area contributed by atoms with Crippen molar-refractivity contribution in [2.75, 3.05) is 0 Å². The third-order valence-corrected chi connectivity index (χ3v) is 4.35. The fourth-order valence-electron chi connectivity index (χ4n) is 3.01. The molecule has 3 heterocycles. The molecule has 7 heteroatoms. The number of imidazole rings is 1. The molecule has 4 rings (SSSR count). The third-order valence-electron chi connectivity index (χ3n) is 4.35. The summed E-state index contributed by atoms with van der Waals surface area (Å²) < 4.78 is 9.89. The monoisotopic (exact) mass is 344 g/mol. The van der Waals surface area contributed by atoms with Crippen molar-refractivity contribution in [3.8, 4) is 29.0 Å². The molecule has 26 heavy (non-hydrogen) atoms. The molecule has 3 aromatic heterocycles. The average Bonchev–Trinajstić information content (AvgIpc) is 3.40. The van der Waals surface area contributed by atoms with Crippen molar-refractivity contribution in [2.24, 2.45) is 7.05 Å². The fraction of sp³-hybridized carbons (Fsp3) is 0.158. The maximum atomic E-state index is 9.30. The minimum atomic E-state index is -0.0556. The highest BCUT2D eigenvalue weighted by atomic mass is 16.3. The highest BCUT2D eigenvalue weighted by Gasteiger charge is 2.20. The van der Waals surface area contributed by atoms with Crippen LogP contribution in [-0.2, 0) is 7.05 Å². The zero-order valence-electron chi connectivity index (χ0n) is 14.4. The summed E-state index contributed by atoms with van der Waals surface area (Å²) in [6.45, 7) is 2.03. The van der Waals surface area contributed by atoms with E-state index >= 15 is 0 Å². The summed E-state index contributed by atoms with van der Waals surface area (Å²) in [4.78, 5) is 4.44. The summed E-state index contributed by atoms with van der Waals surface area (Å²) in [6, 6.07) is 13.2. The SMILES string of the molecule is C[C@H](c1nncn1C)n1ccnc1-c1ccc(-c2ccccc2C#N)o1. The van der Waals surface area contributed by atoms with E-state index in [2.05, 4.69) is 21.3 Å². The van der Waals surface area contributed by atoms with Crippen LogP contribution in [0.2, 0.25) is 0 Å². The van der Waals surface area contributed by atoms with E-state index in [9.17, 15) is 5.26 Å². The quantitative estimate of drug-likeness (QED) is 0.566. The van der Waals surface area contributed by atoms with Crippen LogP contribution < -0.4 is 0 Å². The van der Waals surface area contributed by atoms with E-state index in [0.29, 0.717) is 22.9 Å². The highest BCUT2D eigenvalue weighted by molar-refractivity contribution is 5.68. The Labute approximate surface area is 150 Å². The summed E-state index contributed by atoms with van der Waals surface area (Å²) >= 11 is 0. The van der Waals surface area contributed by atoms with Gasteiger partial charge in [0.1, 0.15) is 12.1 Å². The van der Waals surface area contributed by atoms with Crippen molar-refractivity contribution in [3.05, 3.63) is 66.5 Å². The van der Waals surface area contributed by atoms with Crippen LogP contribution in [0.1, 0.15) is 24.4 Å². The van der Waals surface area contributed by atoms with Crippen molar-refractivity contribution >= 4 is 0 Å². The Morgan fingerprint density at radius 1 is 1.15 bits per heavy atom. The number of rotatable bonds is 4. The molecular formula is C19H16N6O. The summed E-state index contributed by atoms with van der Waals surface area (Å²) in [6.07, 6.45) is 5.29. The van der Waals surface area contributed by atoms with Crippen LogP contribution in [0, 0.1) is 11.3 Å². The smallest absolute Gasteiger partial charge is 0.176 e. The fourth-order valence-corrected chi connectivity index (χ4v) is 3.01. The van der Waals surface area contributed by atoms with Gasteiger partial charge in [0, 0.05) is 25.0 Å². The van der Waals surface area contributed by atoms with Gasteiger partial charge in [-0.15, -0.1) is 10.2 Å². The van der Waals surface area contributed by atoms with Crippen molar-refractivity contribution < 1.29 is 4.42 Å². The average molecular weight is 344 g/mol. The Bertz CT molecular complexity index is 1100. The molecule has 0 spiro atoms. The highest BCUT2D eigenvalue weighted by Crippen LogP contribution is 2.31. The lowest BCUT2D eigenvalue weighted by molar-refractivity contribution is 0.550. The van der Waals surface area contributed by atoms with E-state index in [4.69, 9.17) is 4.42 Å². The number of benzene rings is 1. The van der Waals surface area contributed by atoms with E-state index in [-0.39, 0.29) is 6.04 Å². The minimum Gasteiger partial charge on any atom is -0.453 e. The lowest BCUT2D eigenvalue weighted by atomic mass is 10.1. The van der Waals surface area contributed by atoms with E-state index in [0.717, 1.165) is 11.4 Å². The van der Waals surface area contributed by atoms with Crippen LogP contribution in [-0.4, -0.2) is 24.3 Å². The van der Waals surface area contributed by atoms with Crippen molar-refractivity contribution in [1.29, 1.82) is 5.26 Å². The second kappa shape index (κ2) is 6.33. The van der Waals surface area contributed by atoms with Gasteiger partial charge in [-0.05, 0) is 31.2 Å². The molecule has 0 saturated heterocycles. The number of hydrogen-bond acceptors (Lipinski definition) is 5. The van der Waals surface area contributed by atoms with Gasteiger partial charge < -0.3 is 13.6 Å². The van der Waals surface area contributed by atoms with Gasteiger partial charge in [-0.25, -0.2) is 4.98 Å². The van der Waals surface area contributed by atoms with Crippen LogP contribution in [0.15, 0.2) is 59.5 Å². The van der Waals surface area contributed by atoms with Gasteiger partial charge in [0.2, 0.25) is 0 Å². The van der Waals surface area contributed by atoms with Crippen molar-refractivity contribution in [3.63, 3.8) is 0 Å². The van der Waals surface area contributed by atoms with Gasteiger partial charge in [-0.3, -0.25) is 0 Å². The number of furan rings is 1. The van der Waals surface area contributed by atoms with Crippen LogP contribution in [0.3, 0.4) is 0 Å². The van der Waals surface area contributed by atoms with Crippen LogP contribution in [0.4, 0.5) is 0 Å². The topological polar surface area (TPSA) is 85.5 Å². The Morgan fingerprint density at radius 3 is 2.73 bits per heavy atom. The van der Waals surface area contributed by atoms with Gasteiger partial charge in [-0.2, -0.15) is 5.26 Å². The maximum Gasteiger partial charge on any atom is 0.176 e. The second-order valence-corrected chi connectivity index (χ2v) is 5.96. The zero-order valence-corrected chi connectivity index (χ0v) is 14.4. The first-order valence-electron chi connectivity index (χ1n) is 8.15. The molecule has 0 aliphatic carbocycles. The number of hydrogen-bond donors (Lipinski definition) is 0. The summed E-state index contributed by atoms with van der Waals surface area (Å²) in [7, 11) is 1.91. The summed E-state index contributed by atoms with van der Waals surface area (Å²) in [5, 5.41) is 17.4. The molecule has 1 aromatic carbocycles. The van der Waals surface area contributed by atoms with Crippen molar-refractivity contribution in [2.45, 2.75) is 13.0 Å². The van der Waals surface area contributed by atoms with Gasteiger partial charge in [0.25, 0.3) is 0 Å². The standard InChI is InChI=1S/C19H16N6O/c1-13(18-23-22-12-24(18)2)25-10-9-21-19(25)17-8-7-16(26-17)15-6-4-3-5-14(15)11-20/h3-10,12-13H,1-2H3/t13-/m1/s1. The molecule has 0 N–H and O–H groups in total. The third kappa shape index (κ3) is 2.58. The predicted octanol–water partition coefficient (Wildman–Crippen LogP) is 3.42. The lowest BCUT2D eigenvalue weighted by Crippen LogP contribution is -2.12. The second-order valence-electron chi connectivity index (χ2n) is 5.96. The molecule has 4 aromatic rings. The van der Waals surface area contributed by atoms with E-state index in [1.54, 1.807) is 18.6 Å². The van der Waals surface area contributed by atoms with E-state index in [1.165, 1.54) is 0 Å². The Hall–Kier alpha value is -3.66. The first-order valence-corrected chi connectivity index (χ1v) is 8.15. The Kier molecular flexibility index (Phi) is 3.86. The molecule has 0 aliphatic heterocycles. The predicted molar refractivity (Wildman–Crippen MR) is 94.9 cm³/mol. The van der Waals surface area contributed by atoms with Crippen LogP contribution >= 0.6 is 0 Å². The summed E-state index contributed by atoms with van der Waals surface area (Å²) in [5.41, 5.74) is 1.34. The normalized spacial score (nSPS) is 12.0. The minimum absolute atomic E-state index is 0.0556. The van der Waals surface area contributed by atoms with Gasteiger partial charge in [0.05, 0.1) is 17.7 Å². The van der Waals surface area contributed by atoms with Crippen molar-refractivity contribution in [1.82, 2.24) is 24.3 Å². The lowest BCUT2D eigenvalue weighted by Gasteiger charge is -2.14. The number of aromatic nitrogens is 5. The number of nitrogens with zero attached hydrogens (tertiary/aromatic N) is 6. The molecule has 128 valence electrons. The number of aryl methyl sites for hydroxylation is 1.